The SMILES string of the molecule is CCC(C(=O)NCCOc1cc(C)cc(C)c1)N(c1cccc(C)c1)S(C)(=O)=O. The number of aryl methyl sites for hydroxylation is 3. The molecule has 6 nitrogen and oxygen atoms in total. The van der Waals surface area contributed by atoms with Gasteiger partial charge >= 0.3 is 0 Å². The van der Waals surface area contributed by atoms with Gasteiger partial charge in [-0.15, -0.1) is 0 Å². The Kier molecular flexibility index (Phi) is 7.67. The average molecular weight is 419 g/mol. The van der Waals surface area contributed by atoms with Crippen molar-refractivity contribution < 1.29 is 17.9 Å². The number of ether oxygens (including phenoxy) is 1. The quantitative estimate of drug-likeness (QED) is 0.634. The third kappa shape index (κ3) is 6.49. The molecule has 0 radical (unpaired) electrons. The molecule has 1 atom stereocenters. The van der Waals surface area contributed by atoms with Gasteiger partial charge in [0.2, 0.25) is 15.9 Å². The fourth-order valence-electron chi connectivity index (χ4n) is 3.30. The fraction of sp³-hybridized carbons (Fsp3) is 0.409. The van der Waals surface area contributed by atoms with Crippen LogP contribution in [-0.4, -0.2) is 39.8 Å². The second-order valence-electron chi connectivity index (χ2n) is 7.28. The molecule has 0 aromatic heterocycles. The first-order valence-corrected chi connectivity index (χ1v) is 11.5. The highest BCUT2D eigenvalue weighted by atomic mass is 32.2. The molecular weight excluding hydrogens is 388 g/mol. The second-order valence-corrected chi connectivity index (χ2v) is 9.14. The van der Waals surface area contributed by atoms with Gasteiger partial charge in [0.1, 0.15) is 18.4 Å². The fourth-order valence-corrected chi connectivity index (χ4v) is 4.51. The standard InChI is InChI=1S/C22H30N2O4S/c1-6-21(24(29(5,26)27)19-9-7-8-16(2)13-19)22(25)23-10-11-28-20-14-17(3)12-18(4)15-20/h7-9,12-15,21H,6,10-11H2,1-5H3,(H,23,25). The number of rotatable bonds is 9. The van der Waals surface area contributed by atoms with Crippen molar-refractivity contribution in [1.82, 2.24) is 5.32 Å². The molecule has 1 unspecified atom stereocenters. The summed E-state index contributed by atoms with van der Waals surface area (Å²) in [5.74, 6) is 0.407. The molecule has 29 heavy (non-hydrogen) atoms. The number of hydrogen-bond acceptors (Lipinski definition) is 4. The number of anilines is 1. The number of carbonyl (C=O) groups excluding carboxylic acids is 1. The van der Waals surface area contributed by atoms with E-state index in [0.29, 0.717) is 18.7 Å². The Balaban J connectivity index is 2.05. The first-order chi connectivity index (χ1) is 13.6. The molecule has 2 aromatic carbocycles. The van der Waals surface area contributed by atoms with Crippen molar-refractivity contribution in [3.05, 3.63) is 59.2 Å². The van der Waals surface area contributed by atoms with Gasteiger partial charge in [-0.25, -0.2) is 8.42 Å². The summed E-state index contributed by atoms with van der Waals surface area (Å²) >= 11 is 0. The van der Waals surface area contributed by atoms with E-state index in [1.54, 1.807) is 25.1 Å². The maximum Gasteiger partial charge on any atom is 0.244 e. The Morgan fingerprint density at radius 1 is 1.07 bits per heavy atom. The number of nitrogens with one attached hydrogen (secondary N) is 1. The molecule has 2 aromatic rings. The van der Waals surface area contributed by atoms with Crippen LogP contribution in [0.1, 0.15) is 30.0 Å². The minimum atomic E-state index is -3.63. The minimum absolute atomic E-state index is 0.285. The first kappa shape index (κ1) is 22.7. The molecule has 158 valence electrons. The lowest BCUT2D eigenvalue weighted by Gasteiger charge is -2.30. The van der Waals surface area contributed by atoms with Gasteiger partial charge in [-0.3, -0.25) is 9.10 Å². The van der Waals surface area contributed by atoms with Crippen molar-refractivity contribution in [1.29, 1.82) is 0 Å². The summed E-state index contributed by atoms with van der Waals surface area (Å²) < 4.78 is 31.8. The number of nitrogens with zero attached hydrogens (tertiary/aromatic N) is 1. The monoisotopic (exact) mass is 418 g/mol. The van der Waals surface area contributed by atoms with Crippen molar-refractivity contribution in [3.63, 3.8) is 0 Å². The van der Waals surface area contributed by atoms with Gasteiger partial charge in [-0.05, 0) is 68.1 Å². The molecule has 0 aliphatic rings. The summed E-state index contributed by atoms with van der Waals surface area (Å²) in [6, 6.07) is 12.2. The molecule has 0 fully saturated rings. The van der Waals surface area contributed by atoms with Gasteiger partial charge in [-0.2, -0.15) is 0 Å². The molecule has 0 saturated heterocycles. The molecule has 0 aliphatic heterocycles. The molecule has 7 heteroatoms. The van der Waals surface area contributed by atoms with Crippen LogP contribution < -0.4 is 14.4 Å². The van der Waals surface area contributed by atoms with Crippen LogP contribution in [0, 0.1) is 20.8 Å². The Labute approximate surface area is 173 Å². The Hall–Kier alpha value is -2.54. The lowest BCUT2D eigenvalue weighted by Crippen LogP contribution is -2.50. The van der Waals surface area contributed by atoms with Gasteiger partial charge < -0.3 is 10.1 Å². The number of carbonyl (C=O) groups is 1. The van der Waals surface area contributed by atoms with E-state index < -0.39 is 16.1 Å². The van der Waals surface area contributed by atoms with Gasteiger partial charge in [0.05, 0.1) is 18.5 Å². The van der Waals surface area contributed by atoms with E-state index in [0.717, 1.165) is 28.7 Å². The number of benzene rings is 2. The van der Waals surface area contributed by atoms with Crippen molar-refractivity contribution >= 4 is 21.6 Å². The van der Waals surface area contributed by atoms with Gasteiger partial charge in [0.15, 0.2) is 0 Å². The lowest BCUT2D eigenvalue weighted by atomic mass is 10.1. The number of amides is 1. The molecular formula is C22H30N2O4S. The molecule has 0 bridgehead atoms. The molecule has 0 aliphatic carbocycles. The summed E-state index contributed by atoms with van der Waals surface area (Å²) in [7, 11) is -3.63. The van der Waals surface area contributed by atoms with E-state index in [1.807, 2.05) is 39.0 Å². The molecule has 2 rings (SSSR count). The van der Waals surface area contributed by atoms with Crippen LogP contribution in [0.3, 0.4) is 0 Å². The molecule has 0 spiro atoms. The first-order valence-electron chi connectivity index (χ1n) is 9.66. The topological polar surface area (TPSA) is 75.7 Å². The summed E-state index contributed by atoms with van der Waals surface area (Å²) in [6.45, 7) is 8.26. The van der Waals surface area contributed by atoms with E-state index in [4.69, 9.17) is 4.74 Å². The highest BCUT2D eigenvalue weighted by molar-refractivity contribution is 7.92. The number of sulfonamides is 1. The zero-order chi connectivity index (χ0) is 21.6. The summed E-state index contributed by atoms with van der Waals surface area (Å²) in [6.07, 6.45) is 1.47. The molecule has 0 heterocycles. The average Bonchev–Trinajstić information content (AvgIpc) is 2.61. The van der Waals surface area contributed by atoms with Crippen molar-refractivity contribution in [3.8, 4) is 5.75 Å². The zero-order valence-electron chi connectivity index (χ0n) is 17.7. The van der Waals surface area contributed by atoms with E-state index in [1.165, 1.54) is 4.31 Å². The second kappa shape index (κ2) is 9.78. The van der Waals surface area contributed by atoms with Gasteiger partial charge in [0.25, 0.3) is 0 Å². The largest absolute Gasteiger partial charge is 0.492 e. The van der Waals surface area contributed by atoms with Crippen LogP contribution >= 0.6 is 0 Å². The third-order valence-electron chi connectivity index (χ3n) is 4.45. The van der Waals surface area contributed by atoms with Crippen LogP contribution in [0.2, 0.25) is 0 Å². The Morgan fingerprint density at radius 3 is 2.28 bits per heavy atom. The van der Waals surface area contributed by atoms with Crippen molar-refractivity contribution in [2.75, 3.05) is 23.7 Å². The third-order valence-corrected chi connectivity index (χ3v) is 5.63. The van der Waals surface area contributed by atoms with Crippen LogP contribution in [-0.2, 0) is 14.8 Å². The summed E-state index contributed by atoms with van der Waals surface area (Å²) in [5.41, 5.74) is 3.63. The molecule has 1 N–H and O–H groups in total. The summed E-state index contributed by atoms with van der Waals surface area (Å²) in [5, 5.41) is 2.80. The van der Waals surface area contributed by atoms with Crippen molar-refractivity contribution in [2.24, 2.45) is 0 Å². The highest BCUT2D eigenvalue weighted by Gasteiger charge is 2.31. The zero-order valence-corrected chi connectivity index (χ0v) is 18.5. The van der Waals surface area contributed by atoms with E-state index in [9.17, 15) is 13.2 Å². The maximum absolute atomic E-state index is 12.8. The van der Waals surface area contributed by atoms with Crippen LogP contribution in [0.4, 0.5) is 5.69 Å². The van der Waals surface area contributed by atoms with Gasteiger partial charge in [0, 0.05) is 0 Å². The molecule has 0 saturated carbocycles. The van der Waals surface area contributed by atoms with E-state index in [-0.39, 0.29) is 12.5 Å². The maximum atomic E-state index is 12.8. The summed E-state index contributed by atoms with van der Waals surface area (Å²) in [4.78, 5) is 12.8. The number of hydrogen-bond donors (Lipinski definition) is 1. The predicted octanol–water partition coefficient (Wildman–Crippen LogP) is 3.35. The Morgan fingerprint density at radius 2 is 1.72 bits per heavy atom. The smallest absolute Gasteiger partial charge is 0.244 e. The lowest BCUT2D eigenvalue weighted by molar-refractivity contribution is -0.122. The van der Waals surface area contributed by atoms with E-state index >= 15 is 0 Å². The van der Waals surface area contributed by atoms with Crippen LogP contribution in [0.15, 0.2) is 42.5 Å². The van der Waals surface area contributed by atoms with Crippen LogP contribution in [0.5, 0.6) is 5.75 Å². The van der Waals surface area contributed by atoms with Gasteiger partial charge in [-0.1, -0.05) is 25.1 Å². The normalized spacial score (nSPS) is 12.3. The van der Waals surface area contributed by atoms with E-state index in [2.05, 4.69) is 11.4 Å². The molecule has 1 amide bonds. The Bertz CT molecular complexity index is 937. The highest BCUT2D eigenvalue weighted by Crippen LogP contribution is 2.23. The minimum Gasteiger partial charge on any atom is -0.492 e. The predicted molar refractivity (Wildman–Crippen MR) is 117 cm³/mol. The van der Waals surface area contributed by atoms with Crippen LogP contribution in [0.25, 0.3) is 0 Å². The van der Waals surface area contributed by atoms with Crippen molar-refractivity contribution in [2.45, 2.75) is 40.2 Å².